The van der Waals surface area contributed by atoms with Crippen LogP contribution in [0.1, 0.15) is 26.3 Å². The van der Waals surface area contributed by atoms with Crippen molar-refractivity contribution in [2.24, 2.45) is 0 Å². The molecule has 0 saturated heterocycles. The molecule has 1 N–H and O–H groups in total. The van der Waals surface area contributed by atoms with Crippen LogP contribution in [0.3, 0.4) is 0 Å². The van der Waals surface area contributed by atoms with Crippen LogP contribution in [0.15, 0.2) is 77.7 Å². The third kappa shape index (κ3) is 4.91. The molecular formula is C25H26N4O2. The van der Waals surface area contributed by atoms with Crippen molar-refractivity contribution in [3.63, 3.8) is 0 Å². The van der Waals surface area contributed by atoms with Crippen LogP contribution in [-0.4, -0.2) is 21.1 Å². The number of ether oxygens (including phenoxy) is 1. The van der Waals surface area contributed by atoms with E-state index in [2.05, 4.69) is 48.2 Å². The van der Waals surface area contributed by atoms with Crippen LogP contribution in [-0.2, 0) is 12.0 Å². The van der Waals surface area contributed by atoms with E-state index in [1.807, 2.05) is 42.5 Å². The van der Waals surface area contributed by atoms with Gasteiger partial charge in [-0.1, -0.05) is 51.1 Å². The van der Waals surface area contributed by atoms with Crippen LogP contribution < -0.4 is 15.6 Å². The van der Waals surface area contributed by atoms with E-state index in [1.54, 1.807) is 16.8 Å². The average molecular weight is 415 g/mol. The predicted octanol–water partition coefficient (Wildman–Crippen LogP) is 4.91. The predicted molar refractivity (Wildman–Crippen MR) is 124 cm³/mol. The Hall–Kier alpha value is -3.67. The Morgan fingerprint density at radius 1 is 0.968 bits per heavy atom. The number of nitrogens with zero attached hydrogens (tertiary/aromatic N) is 3. The number of pyridine rings is 1. The summed E-state index contributed by atoms with van der Waals surface area (Å²) in [6.45, 7) is 7.29. The van der Waals surface area contributed by atoms with Gasteiger partial charge in [-0.25, -0.2) is 4.98 Å². The lowest BCUT2D eigenvalue weighted by molar-refractivity contribution is 0.298. The highest BCUT2D eigenvalue weighted by Gasteiger charge is 2.13. The molecule has 0 fully saturated rings. The van der Waals surface area contributed by atoms with E-state index in [0.717, 1.165) is 16.8 Å². The van der Waals surface area contributed by atoms with E-state index in [0.29, 0.717) is 24.7 Å². The smallest absolute Gasteiger partial charge is 0.252 e. The normalized spacial score (nSPS) is 11.5. The summed E-state index contributed by atoms with van der Waals surface area (Å²) < 4.78 is 7.51. The highest BCUT2D eigenvalue weighted by atomic mass is 16.5. The van der Waals surface area contributed by atoms with E-state index >= 15 is 0 Å². The van der Waals surface area contributed by atoms with E-state index in [-0.39, 0.29) is 11.0 Å². The number of nitrogens with one attached hydrogen (secondary N) is 1. The van der Waals surface area contributed by atoms with Gasteiger partial charge in [0, 0.05) is 23.3 Å². The van der Waals surface area contributed by atoms with Crippen molar-refractivity contribution in [2.75, 3.05) is 11.9 Å². The van der Waals surface area contributed by atoms with Gasteiger partial charge in [-0.15, -0.1) is 0 Å². The number of fused-ring (bicyclic) bond motifs is 1. The van der Waals surface area contributed by atoms with Crippen molar-refractivity contribution < 1.29 is 4.74 Å². The van der Waals surface area contributed by atoms with Crippen LogP contribution in [0.5, 0.6) is 5.75 Å². The Morgan fingerprint density at radius 2 is 1.71 bits per heavy atom. The molecule has 2 heterocycles. The fourth-order valence-electron chi connectivity index (χ4n) is 3.30. The molecule has 158 valence electrons. The van der Waals surface area contributed by atoms with E-state index < -0.39 is 0 Å². The summed E-state index contributed by atoms with van der Waals surface area (Å²) in [7, 11) is 0. The van der Waals surface area contributed by atoms with E-state index in [9.17, 15) is 4.79 Å². The lowest BCUT2D eigenvalue weighted by Crippen LogP contribution is -2.23. The van der Waals surface area contributed by atoms with Gasteiger partial charge in [0.2, 0.25) is 5.95 Å². The maximum atomic E-state index is 12.5. The second-order valence-electron chi connectivity index (χ2n) is 8.41. The Labute approximate surface area is 181 Å². The van der Waals surface area contributed by atoms with Crippen LogP contribution in [0.2, 0.25) is 0 Å². The molecule has 6 heteroatoms. The van der Waals surface area contributed by atoms with E-state index in [4.69, 9.17) is 4.74 Å². The topological polar surface area (TPSA) is 69.0 Å². The molecule has 0 amide bonds. The molecule has 0 radical (unpaired) electrons. The Morgan fingerprint density at radius 3 is 2.42 bits per heavy atom. The lowest BCUT2D eigenvalue weighted by Gasteiger charge is -2.19. The van der Waals surface area contributed by atoms with Crippen molar-refractivity contribution in [3.05, 3.63) is 88.8 Å². The summed E-state index contributed by atoms with van der Waals surface area (Å²) in [6.07, 6.45) is 1.72. The molecule has 0 unspecified atom stereocenters. The number of hydrogen-bond donors (Lipinski definition) is 1. The fraction of sp³-hybridized carbons (Fsp3) is 0.240. The van der Waals surface area contributed by atoms with Gasteiger partial charge >= 0.3 is 0 Å². The first kappa shape index (κ1) is 20.6. The maximum absolute atomic E-state index is 12.5. The number of para-hydroxylation sites is 1. The van der Waals surface area contributed by atoms with Crippen molar-refractivity contribution in [1.29, 1.82) is 0 Å². The largest absolute Gasteiger partial charge is 0.492 e. The van der Waals surface area contributed by atoms with Gasteiger partial charge in [0.1, 0.15) is 18.0 Å². The Balaban J connectivity index is 1.52. The minimum Gasteiger partial charge on any atom is -0.492 e. The second-order valence-corrected chi connectivity index (χ2v) is 8.41. The Bertz CT molecular complexity index is 1230. The van der Waals surface area contributed by atoms with Gasteiger partial charge < -0.3 is 10.1 Å². The quantitative estimate of drug-likeness (QED) is 0.485. The monoisotopic (exact) mass is 414 g/mol. The maximum Gasteiger partial charge on any atom is 0.252 e. The highest BCUT2D eigenvalue weighted by Crippen LogP contribution is 2.24. The van der Waals surface area contributed by atoms with Crippen LogP contribution in [0.25, 0.3) is 11.0 Å². The van der Waals surface area contributed by atoms with Crippen molar-refractivity contribution in [2.45, 2.75) is 32.7 Å². The Kier molecular flexibility index (Phi) is 5.71. The van der Waals surface area contributed by atoms with Crippen LogP contribution >= 0.6 is 0 Å². The van der Waals surface area contributed by atoms with Crippen molar-refractivity contribution in [1.82, 2.24) is 14.5 Å². The minimum atomic E-state index is -0.122. The molecule has 0 aliphatic carbocycles. The summed E-state index contributed by atoms with van der Waals surface area (Å²) in [5.74, 6) is 1.22. The molecule has 0 aliphatic rings. The zero-order chi connectivity index (χ0) is 21.8. The van der Waals surface area contributed by atoms with Gasteiger partial charge in [0.05, 0.1) is 6.54 Å². The first-order valence-corrected chi connectivity index (χ1v) is 10.3. The molecule has 6 nitrogen and oxygen atoms in total. The summed E-state index contributed by atoms with van der Waals surface area (Å²) in [4.78, 5) is 21.5. The third-order valence-electron chi connectivity index (χ3n) is 5.06. The molecule has 0 bridgehead atoms. The molecule has 0 aliphatic heterocycles. The number of rotatable bonds is 6. The molecule has 4 rings (SSSR count). The number of hydrogen-bond acceptors (Lipinski definition) is 5. The third-order valence-corrected chi connectivity index (χ3v) is 5.06. The van der Waals surface area contributed by atoms with E-state index in [1.165, 1.54) is 11.6 Å². The lowest BCUT2D eigenvalue weighted by atomic mass is 9.87. The van der Waals surface area contributed by atoms with Gasteiger partial charge in [-0.2, -0.15) is 4.98 Å². The second kappa shape index (κ2) is 8.60. The number of aromatic nitrogens is 3. The fourth-order valence-corrected chi connectivity index (χ4v) is 3.30. The molecule has 0 saturated carbocycles. The van der Waals surface area contributed by atoms with Crippen molar-refractivity contribution >= 4 is 22.7 Å². The molecule has 2 aromatic carbocycles. The summed E-state index contributed by atoms with van der Waals surface area (Å²) >= 11 is 0. The standard InChI is InChI=1S/C25H26N4O2/c1-25(2,3)19-10-12-21(13-11-19)31-16-15-29-22(30)14-9-18-17-26-24(28-23(18)29)27-20-7-5-4-6-8-20/h4-14,17H,15-16H2,1-3H3,(H,26,27,28). The summed E-state index contributed by atoms with van der Waals surface area (Å²) in [5, 5.41) is 3.97. The van der Waals surface area contributed by atoms with Gasteiger partial charge in [0.25, 0.3) is 5.56 Å². The molecule has 0 atom stereocenters. The number of anilines is 2. The molecule has 4 aromatic rings. The SMILES string of the molecule is CC(C)(C)c1ccc(OCCn2c(=O)ccc3cnc(Nc4ccccc4)nc32)cc1. The zero-order valence-corrected chi connectivity index (χ0v) is 18.0. The summed E-state index contributed by atoms with van der Waals surface area (Å²) in [5.41, 5.74) is 2.69. The zero-order valence-electron chi connectivity index (χ0n) is 18.0. The average Bonchev–Trinajstić information content (AvgIpc) is 2.76. The van der Waals surface area contributed by atoms with Crippen LogP contribution in [0.4, 0.5) is 11.6 Å². The first-order valence-electron chi connectivity index (χ1n) is 10.3. The highest BCUT2D eigenvalue weighted by molar-refractivity contribution is 5.75. The van der Waals surface area contributed by atoms with Gasteiger partial charge in [-0.3, -0.25) is 9.36 Å². The van der Waals surface area contributed by atoms with Crippen molar-refractivity contribution in [3.8, 4) is 5.75 Å². The summed E-state index contributed by atoms with van der Waals surface area (Å²) in [6, 6.07) is 21.1. The minimum absolute atomic E-state index is 0.0972. The first-order chi connectivity index (χ1) is 14.9. The van der Waals surface area contributed by atoms with Crippen LogP contribution in [0, 0.1) is 0 Å². The molecule has 0 spiro atoms. The molecule has 31 heavy (non-hydrogen) atoms. The van der Waals surface area contributed by atoms with Gasteiger partial charge in [0.15, 0.2) is 0 Å². The number of benzene rings is 2. The van der Waals surface area contributed by atoms with Gasteiger partial charge in [-0.05, 0) is 41.3 Å². The molecule has 2 aromatic heterocycles. The molecular weight excluding hydrogens is 388 g/mol.